The van der Waals surface area contributed by atoms with Crippen molar-refractivity contribution in [2.75, 3.05) is 12.3 Å². The average Bonchev–Trinajstić information content (AvgIpc) is 2.27. The van der Waals surface area contributed by atoms with E-state index < -0.39 is 0 Å². The predicted octanol–water partition coefficient (Wildman–Crippen LogP) is 3.63. The second-order valence-corrected chi connectivity index (χ2v) is 5.07. The van der Waals surface area contributed by atoms with Gasteiger partial charge in [-0.05, 0) is 44.9 Å². The van der Waals surface area contributed by atoms with E-state index in [0.29, 0.717) is 23.1 Å². The largest absolute Gasteiger partial charge is 0.491 e. The van der Waals surface area contributed by atoms with E-state index in [1.165, 1.54) is 0 Å². The maximum absolute atomic E-state index is 8.86. The van der Waals surface area contributed by atoms with E-state index >= 15 is 0 Å². The van der Waals surface area contributed by atoms with E-state index in [-0.39, 0.29) is 5.41 Å². The number of hydrogen-bond donors (Lipinski definition) is 1. The number of rotatable bonds is 5. The van der Waals surface area contributed by atoms with Crippen LogP contribution in [0.3, 0.4) is 0 Å². The first-order valence-electron chi connectivity index (χ1n) is 5.54. The van der Waals surface area contributed by atoms with Crippen molar-refractivity contribution in [3.63, 3.8) is 0 Å². The highest BCUT2D eigenvalue weighted by molar-refractivity contribution is 6.30. The number of anilines is 1. The number of halogens is 1. The molecule has 0 saturated carbocycles. The van der Waals surface area contributed by atoms with Crippen molar-refractivity contribution in [1.29, 1.82) is 5.26 Å². The quantitative estimate of drug-likeness (QED) is 0.643. The van der Waals surface area contributed by atoms with Gasteiger partial charge in [0, 0.05) is 5.02 Å². The Labute approximate surface area is 107 Å². The third-order valence-corrected chi connectivity index (χ3v) is 2.71. The number of nitrogens with two attached hydrogens (primary N) is 1. The lowest BCUT2D eigenvalue weighted by atomic mass is 9.90. The minimum Gasteiger partial charge on any atom is -0.491 e. The lowest BCUT2D eigenvalue weighted by Crippen LogP contribution is -2.10. The molecule has 2 N–H and O–H groups in total. The maximum Gasteiger partial charge on any atom is 0.142 e. The molecule has 1 aromatic rings. The average molecular weight is 253 g/mol. The van der Waals surface area contributed by atoms with E-state index in [4.69, 9.17) is 27.3 Å². The van der Waals surface area contributed by atoms with Crippen molar-refractivity contribution in [2.45, 2.75) is 26.7 Å². The Morgan fingerprint density at radius 2 is 2.18 bits per heavy atom. The minimum atomic E-state index is -0.297. The van der Waals surface area contributed by atoms with Gasteiger partial charge in [-0.3, -0.25) is 0 Å². The highest BCUT2D eigenvalue weighted by Gasteiger charge is 2.15. The van der Waals surface area contributed by atoms with Crippen LogP contribution in [0.15, 0.2) is 18.2 Å². The molecule has 0 atom stereocenters. The number of benzene rings is 1. The molecule has 4 heteroatoms. The lowest BCUT2D eigenvalue weighted by molar-refractivity contribution is 0.285. The van der Waals surface area contributed by atoms with Gasteiger partial charge in [-0.25, -0.2) is 0 Å². The molecule has 1 aromatic carbocycles. The standard InChI is InChI=1S/C13H17ClN2O/c1-13(2,9-15)6-3-7-17-12-5-4-10(14)8-11(12)16/h4-5,8H,3,6-7,16H2,1-2H3. The normalized spacial score (nSPS) is 10.9. The zero-order valence-electron chi connectivity index (χ0n) is 10.2. The molecule has 0 amide bonds. The molecule has 1 rings (SSSR count). The fraction of sp³-hybridized carbons (Fsp3) is 0.462. The van der Waals surface area contributed by atoms with Crippen LogP contribution in [-0.4, -0.2) is 6.61 Å². The van der Waals surface area contributed by atoms with Gasteiger partial charge in [0.1, 0.15) is 5.75 Å². The van der Waals surface area contributed by atoms with Gasteiger partial charge in [0.2, 0.25) is 0 Å². The SMILES string of the molecule is CC(C)(C#N)CCCOc1ccc(Cl)cc1N. The van der Waals surface area contributed by atoms with E-state index in [0.717, 1.165) is 12.8 Å². The molecule has 0 fully saturated rings. The number of hydrogen-bond acceptors (Lipinski definition) is 3. The van der Waals surface area contributed by atoms with Crippen LogP contribution in [0.1, 0.15) is 26.7 Å². The van der Waals surface area contributed by atoms with Gasteiger partial charge in [-0.2, -0.15) is 5.26 Å². The molecule has 0 bridgehead atoms. The Bertz CT molecular complexity index is 424. The molecule has 92 valence electrons. The number of nitriles is 1. The highest BCUT2D eigenvalue weighted by atomic mass is 35.5. The van der Waals surface area contributed by atoms with Crippen LogP contribution >= 0.6 is 11.6 Å². The third kappa shape index (κ3) is 4.54. The van der Waals surface area contributed by atoms with Crippen molar-refractivity contribution in [2.24, 2.45) is 5.41 Å². The fourth-order valence-electron chi connectivity index (χ4n) is 1.40. The molecule has 0 aromatic heterocycles. The summed E-state index contributed by atoms with van der Waals surface area (Å²) in [5.74, 6) is 0.643. The van der Waals surface area contributed by atoms with Gasteiger partial charge in [-0.1, -0.05) is 11.6 Å². The van der Waals surface area contributed by atoms with E-state index in [1.807, 2.05) is 13.8 Å². The molecule has 0 heterocycles. The molecule has 0 saturated heterocycles. The molecule has 0 aliphatic heterocycles. The van der Waals surface area contributed by atoms with Gasteiger partial charge in [-0.15, -0.1) is 0 Å². The van der Waals surface area contributed by atoms with Gasteiger partial charge >= 0.3 is 0 Å². The summed E-state index contributed by atoms with van der Waals surface area (Å²) >= 11 is 5.79. The van der Waals surface area contributed by atoms with Gasteiger partial charge in [0.25, 0.3) is 0 Å². The minimum absolute atomic E-state index is 0.297. The molecule has 0 spiro atoms. The molecule has 3 nitrogen and oxygen atoms in total. The summed E-state index contributed by atoms with van der Waals surface area (Å²) in [6.45, 7) is 4.39. The van der Waals surface area contributed by atoms with Gasteiger partial charge < -0.3 is 10.5 Å². The Hall–Kier alpha value is -1.40. The van der Waals surface area contributed by atoms with Crippen molar-refractivity contribution in [1.82, 2.24) is 0 Å². The Balaban J connectivity index is 2.39. The Kier molecular flexibility index (Phi) is 4.65. The summed E-state index contributed by atoms with van der Waals surface area (Å²) in [6.07, 6.45) is 1.62. The zero-order chi connectivity index (χ0) is 12.9. The molecule has 0 aliphatic rings. The molecule has 17 heavy (non-hydrogen) atoms. The van der Waals surface area contributed by atoms with Crippen molar-refractivity contribution < 1.29 is 4.74 Å². The molecular formula is C13H17ClN2O. The van der Waals surface area contributed by atoms with Crippen LogP contribution in [0.4, 0.5) is 5.69 Å². The maximum atomic E-state index is 8.86. The molecule has 0 aliphatic carbocycles. The van der Waals surface area contributed by atoms with Crippen LogP contribution in [-0.2, 0) is 0 Å². The zero-order valence-corrected chi connectivity index (χ0v) is 10.9. The van der Waals surface area contributed by atoms with E-state index in [1.54, 1.807) is 18.2 Å². The van der Waals surface area contributed by atoms with Crippen LogP contribution < -0.4 is 10.5 Å². The van der Waals surface area contributed by atoms with Crippen LogP contribution in [0.25, 0.3) is 0 Å². The lowest BCUT2D eigenvalue weighted by Gasteiger charge is -2.15. The summed E-state index contributed by atoms with van der Waals surface area (Å²) in [5, 5.41) is 9.46. The van der Waals surface area contributed by atoms with Crippen LogP contribution in [0.5, 0.6) is 5.75 Å². The first-order chi connectivity index (χ1) is 7.94. The fourth-order valence-corrected chi connectivity index (χ4v) is 1.58. The molecule has 0 unspecified atom stereocenters. The summed E-state index contributed by atoms with van der Waals surface area (Å²) in [4.78, 5) is 0. The Morgan fingerprint density at radius 3 is 2.76 bits per heavy atom. The van der Waals surface area contributed by atoms with Gasteiger partial charge in [0.05, 0.1) is 23.8 Å². The summed E-state index contributed by atoms with van der Waals surface area (Å²) in [7, 11) is 0. The summed E-state index contributed by atoms with van der Waals surface area (Å²) < 4.78 is 5.54. The monoisotopic (exact) mass is 252 g/mol. The third-order valence-electron chi connectivity index (χ3n) is 2.48. The van der Waals surface area contributed by atoms with Crippen molar-refractivity contribution >= 4 is 17.3 Å². The number of nitrogens with zero attached hydrogens (tertiary/aromatic N) is 1. The number of nitrogen functional groups attached to an aromatic ring is 1. The molecular weight excluding hydrogens is 236 g/mol. The second-order valence-electron chi connectivity index (χ2n) is 4.63. The predicted molar refractivity (Wildman–Crippen MR) is 70.0 cm³/mol. The van der Waals surface area contributed by atoms with E-state index in [2.05, 4.69) is 6.07 Å². The van der Waals surface area contributed by atoms with Crippen LogP contribution in [0.2, 0.25) is 5.02 Å². The summed E-state index contributed by atoms with van der Waals surface area (Å²) in [6, 6.07) is 7.42. The van der Waals surface area contributed by atoms with Gasteiger partial charge in [0.15, 0.2) is 0 Å². The van der Waals surface area contributed by atoms with Crippen molar-refractivity contribution in [3.05, 3.63) is 23.2 Å². The first kappa shape index (κ1) is 13.7. The summed E-state index contributed by atoms with van der Waals surface area (Å²) in [5.41, 5.74) is 6.00. The molecule has 0 radical (unpaired) electrons. The van der Waals surface area contributed by atoms with E-state index in [9.17, 15) is 0 Å². The van der Waals surface area contributed by atoms with Crippen molar-refractivity contribution in [3.8, 4) is 11.8 Å². The Morgan fingerprint density at radius 1 is 1.47 bits per heavy atom. The topological polar surface area (TPSA) is 59.0 Å². The van der Waals surface area contributed by atoms with Crippen LogP contribution in [0, 0.1) is 16.7 Å². The smallest absolute Gasteiger partial charge is 0.142 e. The highest BCUT2D eigenvalue weighted by Crippen LogP contribution is 2.26. The number of ether oxygens (including phenoxy) is 1. The second kappa shape index (κ2) is 5.79. The first-order valence-corrected chi connectivity index (χ1v) is 5.91.